The van der Waals surface area contributed by atoms with Crippen molar-refractivity contribution in [3.8, 4) is 5.75 Å². The third-order valence-corrected chi connectivity index (χ3v) is 7.62. The van der Waals surface area contributed by atoms with Crippen molar-refractivity contribution in [3.05, 3.63) is 40.5 Å². The lowest BCUT2D eigenvalue weighted by Gasteiger charge is -2.28. The van der Waals surface area contributed by atoms with Crippen molar-refractivity contribution in [1.82, 2.24) is 9.80 Å². The molecule has 2 amide bonds. The van der Waals surface area contributed by atoms with Gasteiger partial charge in [-0.1, -0.05) is 39.0 Å². The van der Waals surface area contributed by atoms with Gasteiger partial charge in [-0.25, -0.2) is 0 Å². The molecule has 0 radical (unpaired) electrons. The van der Waals surface area contributed by atoms with Crippen LogP contribution in [0.3, 0.4) is 0 Å². The number of carbonyl (C=O) groups is 2. The summed E-state index contributed by atoms with van der Waals surface area (Å²) in [6.45, 7) is 11.4. The van der Waals surface area contributed by atoms with Gasteiger partial charge in [0.05, 0.1) is 7.11 Å². The van der Waals surface area contributed by atoms with Crippen LogP contribution in [0.1, 0.15) is 96.1 Å². The second-order valence-corrected chi connectivity index (χ2v) is 10.7. The minimum atomic E-state index is -0.452. The maximum absolute atomic E-state index is 13.5. The Morgan fingerprint density at radius 3 is 2.08 bits per heavy atom. The van der Waals surface area contributed by atoms with Gasteiger partial charge < -0.3 is 25.7 Å². The molecule has 0 aromatic heterocycles. The fourth-order valence-corrected chi connectivity index (χ4v) is 5.76. The van der Waals surface area contributed by atoms with Gasteiger partial charge in [0.25, 0.3) is 0 Å². The van der Waals surface area contributed by atoms with Gasteiger partial charge in [0, 0.05) is 55.0 Å². The predicted octanol–water partition coefficient (Wildman–Crippen LogP) is 6.04. The molecule has 0 fully saturated rings. The van der Waals surface area contributed by atoms with Gasteiger partial charge in [-0.15, -0.1) is 5.11 Å². The minimum Gasteiger partial charge on any atom is -0.496 e. The molecule has 1 aliphatic heterocycles. The summed E-state index contributed by atoms with van der Waals surface area (Å²) in [6, 6.07) is 4.12. The Morgan fingerprint density at radius 1 is 0.975 bits per heavy atom. The van der Waals surface area contributed by atoms with Crippen molar-refractivity contribution in [3.63, 3.8) is 0 Å². The van der Waals surface area contributed by atoms with E-state index in [2.05, 4.69) is 55.5 Å². The third-order valence-electron chi connectivity index (χ3n) is 7.62. The van der Waals surface area contributed by atoms with Crippen LogP contribution in [0.2, 0.25) is 0 Å². The van der Waals surface area contributed by atoms with Crippen LogP contribution in [-0.4, -0.2) is 61.1 Å². The first-order valence-electron chi connectivity index (χ1n) is 15.0. The number of allylic oxidation sites excluding steroid dienone is 1. The largest absolute Gasteiger partial charge is 0.496 e. The average molecular weight is 553 g/mol. The van der Waals surface area contributed by atoms with E-state index in [9.17, 15) is 9.59 Å². The molecular weight excluding hydrogens is 504 g/mol. The minimum absolute atomic E-state index is 0.0217. The quantitative estimate of drug-likeness (QED) is 0.176. The molecule has 2 unspecified atom stereocenters. The fraction of sp³-hybridized carbons (Fsp3) is 0.613. The molecule has 1 heterocycles. The summed E-state index contributed by atoms with van der Waals surface area (Å²) < 4.78 is 5.87. The number of fused-ring (bicyclic) bond motifs is 1. The van der Waals surface area contributed by atoms with E-state index in [0.717, 1.165) is 86.2 Å². The van der Waals surface area contributed by atoms with Crippen molar-refractivity contribution < 1.29 is 14.3 Å². The summed E-state index contributed by atoms with van der Waals surface area (Å²) in [5.41, 5.74) is 4.43. The molecule has 1 aromatic carbocycles. The first-order valence-corrected chi connectivity index (χ1v) is 15.0. The Morgan fingerprint density at radius 2 is 1.57 bits per heavy atom. The van der Waals surface area contributed by atoms with Gasteiger partial charge in [0.2, 0.25) is 11.8 Å². The molecule has 9 heteroatoms. The molecule has 9 nitrogen and oxygen atoms in total. The van der Waals surface area contributed by atoms with Crippen LogP contribution >= 0.6 is 0 Å². The molecule has 220 valence electrons. The maximum Gasteiger partial charge on any atom is 0.249 e. The van der Waals surface area contributed by atoms with E-state index >= 15 is 0 Å². The number of nitrogens with one attached hydrogen (secondary N) is 1. The number of ether oxygens (including phenoxy) is 1. The Kier molecular flexibility index (Phi) is 12.0. The summed E-state index contributed by atoms with van der Waals surface area (Å²) in [5, 5.41) is 11.2. The lowest BCUT2D eigenvalue weighted by Crippen LogP contribution is -2.34. The number of methoxy groups -OCH3 is 1. The fourth-order valence-electron chi connectivity index (χ4n) is 5.76. The molecule has 3 rings (SSSR count). The molecule has 0 saturated heterocycles. The summed E-state index contributed by atoms with van der Waals surface area (Å²) in [4.78, 5) is 30.6. The number of hydrogen-bond acceptors (Lipinski definition) is 6. The van der Waals surface area contributed by atoms with Crippen LogP contribution in [0, 0.1) is 0 Å². The number of nitrogens with zero attached hydrogens (tertiary/aromatic N) is 4. The van der Waals surface area contributed by atoms with E-state index in [1.54, 1.807) is 7.11 Å². The molecule has 2 atom stereocenters. The molecule has 40 heavy (non-hydrogen) atoms. The van der Waals surface area contributed by atoms with Gasteiger partial charge in [0.1, 0.15) is 11.9 Å². The summed E-state index contributed by atoms with van der Waals surface area (Å²) in [5.74, 6) is 6.64. The van der Waals surface area contributed by atoms with Crippen LogP contribution in [0.5, 0.6) is 5.75 Å². The Bertz CT molecular complexity index is 1100. The zero-order valence-electron chi connectivity index (χ0n) is 25.0. The van der Waals surface area contributed by atoms with E-state index < -0.39 is 6.17 Å². The molecule has 1 aliphatic carbocycles. The Hall–Kier alpha value is -3.36. The summed E-state index contributed by atoms with van der Waals surface area (Å²) >= 11 is 0. The maximum atomic E-state index is 13.5. The number of anilines is 1. The first-order chi connectivity index (χ1) is 19.4. The highest BCUT2D eigenvalue weighted by Crippen LogP contribution is 2.41. The smallest absolute Gasteiger partial charge is 0.249 e. The van der Waals surface area contributed by atoms with E-state index in [1.807, 2.05) is 21.9 Å². The highest BCUT2D eigenvalue weighted by molar-refractivity contribution is 5.99. The van der Waals surface area contributed by atoms with Crippen LogP contribution in [0.25, 0.3) is 6.08 Å². The monoisotopic (exact) mass is 552 g/mol. The van der Waals surface area contributed by atoms with Crippen LogP contribution in [-0.2, 0) is 9.59 Å². The Labute approximate surface area is 239 Å². The van der Waals surface area contributed by atoms with Gasteiger partial charge in [0.15, 0.2) is 0 Å². The lowest BCUT2D eigenvalue weighted by molar-refractivity contribution is -0.128. The normalized spacial score (nSPS) is 18.7. The van der Waals surface area contributed by atoms with Gasteiger partial charge in [-0.3, -0.25) is 9.59 Å². The van der Waals surface area contributed by atoms with Crippen LogP contribution in [0.15, 0.2) is 39.7 Å². The molecular formula is C31H48N6O3. The van der Waals surface area contributed by atoms with Gasteiger partial charge in [-0.05, 0) is 74.6 Å². The number of amides is 2. The molecule has 2 aliphatic rings. The number of carbonyl (C=O) groups excluding carboxylic acids is 2. The predicted molar refractivity (Wildman–Crippen MR) is 161 cm³/mol. The van der Waals surface area contributed by atoms with E-state index in [-0.39, 0.29) is 17.7 Å². The topological polar surface area (TPSA) is 113 Å². The zero-order chi connectivity index (χ0) is 29.1. The second kappa shape index (κ2) is 15.4. The number of rotatable bonds is 13. The van der Waals surface area contributed by atoms with Gasteiger partial charge >= 0.3 is 0 Å². The summed E-state index contributed by atoms with van der Waals surface area (Å²) in [6.07, 6.45) is 10.1. The highest BCUT2D eigenvalue weighted by atomic mass is 16.5. The highest BCUT2D eigenvalue weighted by Gasteiger charge is 2.28. The van der Waals surface area contributed by atoms with Crippen molar-refractivity contribution in [2.75, 3.05) is 38.6 Å². The Balaban J connectivity index is 1.93. The first kappa shape index (κ1) is 31.2. The van der Waals surface area contributed by atoms with Crippen molar-refractivity contribution >= 4 is 23.6 Å². The number of benzene rings is 1. The second-order valence-electron chi connectivity index (χ2n) is 10.7. The van der Waals surface area contributed by atoms with Crippen molar-refractivity contribution in [2.24, 2.45) is 16.2 Å². The van der Waals surface area contributed by atoms with Crippen molar-refractivity contribution in [1.29, 1.82) is 0 Å². The SMILES string of the molecule is CCCN(CCC)C(=O)C1=CCC(c2cc3c(cc2OC)C=C(C(=O)N(CCC)CCC)CC(N=NN)N3)CC1. The zero-order valence-corrected chi connectivity index (χ0v) is 25.0. The molecule has 0 bridgehead atoms. The molecule has 0 saturated carbocycles. The van der Waals surface area contributed by atoms with Gasteiger partial charge in [-0.2, -0.15) is 0 Å². The molecule has 1 aromatic rings. The van der Waals surface area contributed by atoms with E-state index in [4.69, 9.17) is 10.6 Å². The summed E-state index contributed by atoms with van der Waals surface area (Å²) in [7, 11) is 1.68. The number of nitrogens with two attached hydrogens (primary N) is 1. The average Bonchev–Trinajstić information content (AvgIpc) is 3.14. The number of hydrogen-bond donors (Lipinski definition) is 2. The standard InChI is InChI=1S/C31H48N6O3/c1-6-14-36(15-7-2)30(38)23-12-10-22(11-13-23)26-21-27-24(19-28(26)40-5)18-25(20-29(33-27)34-35-32)31(39)37(16-8-3)17-9-4/h12,18-19,21-22,29,33H,6-11,13-17,20H2,1-5H3,(H2,32,34). The molecule has 0 spiro atoms. The van der Waals surface area contributed by atoms with Crippen molar-refractivity contribution in [2.45, 2.75) is 91.1 Å². The van der Waals surface area contributed by atoms with Crippen LogP contribution in [0.4, 0.5) is 5.69 Å². The van der Waals surface area contributed by atoms with E-state index in [1.165, 1.54) is 0 Å². The molecule has 3 N–H and O–H groups in total. The lowest BCUT2D eigenvalue weighted by atomic mass is 9.83. The third kappa shape index (κ3) is 7.64. The van der Waals surface area contributed by atoms with E-state index in [0.29, 0.717) is 25.1 Å². The van der Waals surface area contributed by atoms with Crippen LogP contribution < -0.4 is 15.9 Å².